The van der Waals surface area contributed by atoms with Gasteiger partial charge in [0.05, 0.1) is 17.8 Å². The average Bonchev–Trinajstić information content (AvgIpc) is 2.36. The van der Waals surface area contributed by atoms with Crippen LogP contribution in [0.25, 0.3) is 0 Å². The minimum absolute atomic E-state index is 0.105. The normalized spacial score (nSPS) is 38.5. The molecule has 2 saturated carbocycles. The van der Waals surface area contributed by atoms with E-state index in [9.17, 15) is 15.3 Å². The summed E-state index contributed by atoms with van der Waals surface area (Å²) in [7, 11) is 0. The standard InChI is InChI=1S/C16H30O4/c1-12(2)14(3,11-17)13(18)20-16-8-4-6-15(19,10-16)7-5-9-16/h12-13,17-19H,4-11H2,1-3H3. The van der Waals surface area contributed by atoms with Crippen LogP contribution in [0.1, 0.15) is 65.7 Å². The molecular weight excluding hydrogens is 256 g/mol. The van der Waals surface area contributed by atoms with Gasteiger partial charge in [0, 0.05) is 11.8 Å². The molecule has 2 atom stereocenters. The van der Waals surface area contributed by atoms with Crippen LogP contribution in [0.3, 0.4) is 0 Å². The molecule has 0 spiro atoms. The zero-order chi connectivity index (χ0) is 15.0. The van der Waals surface area contributed by atoms with Gasteiger partial charge in [0.25, 0.3) is 0 Å². The van der Waals surface area contributed by atoms with E-state index >= 15 is 0 Å². The van der Waals surface area contributed by atoms with Crippen LogP contribution in [0, 0.1) is 11.3 Å². The molecule has 0 saturated heterocycles. The van der Waals surface area contributed by atoms with Crippen LogP contribution < -0.4 is 0 Å². The Bertz CT molecular complexity index is 331. The Morgan fingerprint density at radius 3 is 2.15 bits per heavy atom. The molecule has 0 aromatic rings. The smallest absolute Gasteiger partial charge is 0.163 e. The summed E-state index contributed by atoms with van der Waals surface area (Å²) >= 11 is 0. The molecule has 0 heterocycles. The van der Waals surface area contributed by atoms with Gasteiger partial charge < -0.3 is 20.1 Å². The maximum atomic E-state index is 10.5. The molecule has 4 heteroatoms. The van der Waals surface area contributed by atoms with E-state index in [0.29, 0.717) is 6.42 Å². The van der Waals surface area contributed by atoms with Crippen molar-refractivity contribution in [1.29, 1.82) is 0 Å². The van der Waals surface area contributed by atoms with Crippen molar-refractivity contribution in [1.82, 2.24) is 0 Å². The Morgan fingerprint density at radius 1 is 1.15 bits per heavy atom. The monoisotopic (exact) mass is 286 g/mol. The number of hydrogen-bond donors (Lipinski definition) is 3. The lowest BCUT2D eigenvalue weighted by Gasteiger charge is -2.51. The van der Waals surface area contributed by atoms with Crippen LogP contribution in [-0.2, 0) is 4.74 Å². The highest BCUT2D eigenvalue weighted by molar-refractivity contribution is 5.01. The fourth-order valence-electron chi connectivity index (χ4n) is 3.76. The van der Waals surface area contributed by atoms with Gasteiger partial charge in [-0.05, 0) is 44.4 Å². The number of rotatable bonds is 5. The second-order valence-electron chi connectivity index (χ2n) is 7.58. The summed E-state index contributed by atoms with van der Waals surface area (Å²) in [6.07, 6.45) is 4.99. The molecule has 118 valence electrons. The third-order valence-corrected chi connectivity index (χ3v) is 5.79. The summed E-state index contributed by atoms with van der Waals surface area (Å²) in [6, 6.07) is 0. The second kappa shape index (κ2) is 5.56. The zero-order valence-corrected chi connectivity index (χ0v) is 13.1. The van der Waals surface area contributed by atoms with Gasteiger partial charge in [-0.3, -0.25) is 0 Å². The van der Waals surface area contributed by atoms with Crippen LogP contribution in [-0.4, -0.2) is 39.4 Å². The van der Waals surface area contributed by atoms with Crippen molar-refractivity contribution in [2.45, 2.75) is 83.2 Å². The van der Waals surface area contributed by atoms with Gasteiger partial charge in [-0.25, -0.2) is 0 Å². The van der Waals surface area contributed by atoms with E-state index in [1.165, 1.54) is 0 Å². The fourth-order valence-corrected chi connectivity index (χ4v) is 3.76. The van der Waals surface area contributed by atoms with E-state index in [4.69, 9.17) is 4.74 Å². The van der Waals surface area contributed by atoms with E-state index < -0.39 is 22.9 Å². The second-order valence-corrected chi connectivity index (χ2v) is 7.58. The Labute approximate surface area is 122 Å². The maximum absolute atomic E-state index is 10.5. The molecular formula is C16H30O4. The van der Waals surface area contributed by atoms with Crippen molar-refractivity contribution in [3.8, 4) is 0 Å². The molecule has 2 unspecified atom stereocenters. The highest BCUT2D eigenvalue weighted by atomic mass is 16.6. The van der Waals surface area contributed by atoms with Crippen LogP contribution in [0.2, 0.25) is 0 Å². The van der Waals surface area contributed by atoms with Gasteiger partial charge in [0.15, 0.2) is 6.29 Å². The lowest BCUT2D eigenvalue weighted by Crippen LogP contribution is -2.55. The number of hydrogen-bond acceptors (Lipinski definition) is 4. The van der Waals surface area contributed by atoms with Gasteiger partial charge in [-0.1, -0.05) is 20.8 Å². The van der Waals surface area contributed by atoms with Crippen molar-refractivity contribution in [3.63, 3.8) is 0 Å². The maximum Gasteiger partial charge on any atom is 0.163 e. The first-order chi connectivity index (χ1) is 9.25. The highest BCUT2D eigenvalue weighted by Crippen LogP contribution is 2.49. The van der Waals surface area contributed by atoms with Crippen LogP contribution in [0.15, 0.2) is 0 Å². The lowest BCUT2D eigenvalue weighted by atomic mass is 9.66. The minimum atomic E-state index is -0.993. The molecule has 0 aliphatic heterocycles. The first kappa shape index (κ1) is 16.2. The van der Waals surface area contributed by atoms with E-state index in [1.54, 1.807) is 0 Å². The fraction of sp³-hybridized carbons (Fsp3) is 1.00. The predicted octanol–water partition coefficient (Wildman–Crippen LogP) is 2.20. The van der Waals surface area contributed by atoms with Crippen molar-refractivity contribution < 1.29 is 20.1 Å². The first-order valence-corrected chi connectivity index (χ1v) is 7.94. The topological polar surface area (TPSA) is 69.9 Å². The third-order valence-electron chi connectivity index (χ3n) is 5.79. The van der Waals surface area contributed by atoms with Gasteiger partial charge in [0.1, 0.15) is 0 Å². The SMILES string of the molecule is CC(C)C(C)(CO)C(O)OC12CCCC(O)(CCC1)C2. The zero-order valence-electron chi connectivity index (χ0n) is 13.1. The molecule has 2 fully saturated rings. The van der Waals surface area contributed by atoms with Gasteiger partial charge in [-0.2, -0.15) is 0 Å². The van der Waals surface area contributed by atoms with Crippen molar-refractivity contribution >= 4 is 0 Å². The molecule has 0 aromatic heterocycles. The van der Waals surface area contributed by atoms with Gasteiger partial charge >= 0.3 is 0 Å². The van der Waals surface area contributed by atoms with Gasteiger partial charge in [-0.15, -0.1) is 0 Å². The summed E-state index contributed by atoms with van der Waals surface area (Å²) in [4.78, 5) is 0. The van der Waals surface area contributed by atoms with E-state index in [0.717, 1.165) is 38.5 Å². The Balaban J connectivity index is 2.11. The predicted molar refractivity (Wildman–Crippen MR) is 77.1 cm³/mol. The summed E-state index contributed by atoms with van der Waals surface area (Å²) in [6.45, 7) is 5.72. The molecule has 20 heavy (non-hydrogen) atoms. The highest BCUT2D eigenvalue weighted by Gasteiger charge is 2.50. The Kier molecular flexibility index (Phi) is 4.51. The summed E-state index contributed by atoms with van der Waals surface area (Å²) in [5.74, 6) is 0.116. The summed E-state index contributed by atoms with van der Waals surface area (Å²) in [5.41, 5.74) is -1.68. The largest absolute Gasteiger partial charge is 0.396 e. The Morgan fingerprint density at radius 2 is 1.70 bits per heavy atom. The van der Waals surface area contributed by atoms with Gasteiger partial charge in [0.2, 0.25) is 0 Å². The molecule has 0 radical (unpaired) electrons. The van der Waals surface area contributed by atoms with E-state index in [-0.39, 0.29) is 12.5 Å². The van der Waals surface area contributed by atoms with Crippen molar-refractivity contribution in [2.75, 3.05) is 6.61 Å². The van der Waals surface area contributed by atoms with Crippen LogP contribution in [0.4, 0.5) is 0 Å². The van der Waals surface area contributed by atoms with Crippen LogP contribution in [0.5, 0.6) is 0 Å². The molecule has 0 amide bonds. The molecule has 4 nitrogen and oxygen atoms in total. The van der Waals surface area contributed by atoms with E-state index in [1.807, 2.05) is 20.8 Å². The molecule has 2 aliphatic carbocycles. The third kappa shape index (κ3) is 2.89. The summed E-state index contributed by atoms with van der Waals surface area (Å²) < 4.78 is 6.07. The van der Waals surface area contributed by atoms with Crippen molar-refractivity contribution in [3.05, 3.63) is 0 Å². The quantitative estimate of drug-likeness (QED) is 0.678. The molecule has 2 bridgehead atoms. The molecule has 2 aliphatic rings. The molecule has 0 aromatic carbocycles. The number of aliphatic hydroxyl groups is 3. The molecule has 2 rings (SSSR count). The number of ether oxygens (including phenoxy) is 1. The van der Waals surface area contributed by atoms with Crippen molar-refractivity contribution in [2.24, 2.45) is 11.3 Å². The lowest BCUT2D eigenvalue weighted by molar-refractivity contribution is -0.280. The Hall–Kier alpha value is -0.160. The first-order valence-electron chi connectivity index (χ1n) is 7.94. The van der Waals surface area contributed by atoms with E-state index in [2.05, 4.69) is 0 Å². The molecule has 3 N–H and O–H groups in total. The minimum Gasteiger partial charge on any atom is -0.396 e. The summed E-state index contributed by atoms with van der Waals surface area (Å²) in [5, 5.41) is 30.7. The number of fused-ring (bicyclic) bond motifs is 2. The van der Waals surface area contributed by atoms with Crippen LogP contribution >= 0.6 is 0 Å². The average molecular weight is 286 g/mol. The number of aliphatic hydroxyl groups excluding tert-OH is 2.